The number of allylic oxidation sites excluding steroid dienone is 1. The highest BCUT2D eigenvalue weighted by Gasteiger charge is 2.24. The minimum absolute atomic E-state index is 0.219. The van der Waals surface area contributed by atoms with Gasteiger partial charge in [0.1, 0.15) is 0 Å². The maximum Gasteiger partial charge on any atom is 0.469 e. The summed E-state index contributed by atoms with van der Waals surface area (Å²) in [6.07, 6.45) is 67.4. The molecule has 8 heteroatoms. The molecule has 4 N–H and O–H groups in total. The van der Waals surface area contributed by atoms with Crippen molar-refractivity contribution in [2.45, 2.75) is 341 Å². The lowest BCUT2D eigenvalue weighted by atomic mass is 10.0. The van der Waals surface area contributed by atoms with E-state index >= 15 is 0 Å². The van der Waals surface area contributed by atoms with E-state index in [4.69, 9.17) is 0 Å². The third-order valence-corrected chi connectivity index (χ3v) is 14.2. The minimum atomic E-state index is -4.72. The third kappa shape index (κ3) is 54.1. The van der Waals surface area contributed by atoms with Crippen molar-refractivity contribution in [3.8, 4) is 0 Å². The second kappa shape index (κ2) is 52.6. The molecule has 0 aromatic rings. The predicted octanol–water partition coefficient (Wildman–Crippen LogP) is 18.7. The predicted molar refractivity (Wildman–Crippen MR) is 283 cm³/mol. The Hall–Kier alpha value is -0.720. The van der Waals surface area contributed by atoms with Crippen LogP contribution in [-0.4, -0.2) is 39.6 Å². The Morgan fingerprint density at radius 3 is 0.938 bits per heavy atom. The SMILES string of the molecule is CCCCCCCCCCCCC/C=C/[C@@H](O)[C@H](COP(=O)(O)O)NC(=O)CCCCCCCCCCCCCCCCCCCCCCCCCCCCCCCCCCCCCC. The topological polar surface area (TPSA) is 116 Å². The van der Waals surface area contributed by atoms with Crippen molar-refractivity contribution < 1.29 is 28.8 Å². The molecule has 65 heavy (non-hydrogen) atoms. The summed E-state index contributed by atoms with van der Waals surface area (Å²) in [5.74, 6) is -0.219. The molecular weight excluding hydrogens is 826 g/mol. The van der Waals surface area contributed by atoms with Gasteiger partial charge in [-0.05, 0) is 19.3 Å². The summed E-state index contributed by atoms with van der Waals surface area (Å²) < 4.78 is 16.0. The molecule has 0 spiro atoms. The van der Waals surface area contributed by atoms with E-state index in [0.29, 0.717) is 6.42 Å². The number of rotatable bonds is 55. The van der Waals surface area contributed by atoms with Crippen LogP contribution >= 0.6 is 7.82 Å². The maximum absolute atomic E-state index is 12.7. The van der Waals surface area contributed by atoms with Gasteiger partial charge in [0.2, 0.25) is 5.91 Å². The van der Waals surface area contributed by atoms with E-state index in [1.165, 1.54) is 270 Å². The molecule has 0 aromatic heterocycles. The molecular formula is C57H114NO6P. The van der Waals surface area contributed by atoms with Gasteiger partial charge in [-0.2, -0.15) is 0 Å². The monoisotopic (exact) mass is 940 g/mol. The number of hydrogen-bond acceptors (Lipinski definition) is 4. The van der Waals surface area contributed by atoms with Crippen molar-refractivity contribution in [2.75, 3.05) is 6.61 Å². The number of nitrogens with one attached hydrogen (secondary N) is 1. The van der Waals surface area contributed by atoms with Crippen LogP contribution in [0.2, 0.25) is 0 Å². The highest BCUT2D eigenvalue weighted by molar-refractivity contribution is 7.46. The van der Waals surface area contributed by atoms with Crippen LogP contribution in [0.5, 0.6) is 0 Å². The van der Waals surface area contributed by atoms with Crippen molar-refractivity contribution >= 4 is 13.7 Å². The van der Waals surface area contributed by atoms with Crippen LogP contribution in [0.15, 0.2) is 12.2 Å². The molecule has 0 unspecified atom stereocenters. The average Bonchev–Trinajstić information content (AvgIpc) is 3.28. The molecule has 0 radical (unpaired) electrons. The minimum Gasteiger partial charge on any atom is -0.387 e. The smallest absolute Gasteiger partial charge is 0.387 e. The second-order valence-corrected chi connectivity index (χ2v) is 21.6. The Morgan fingerprint density at radius 1 is 0.431 bits per heavy atom. The molecule has 0 heterocycles. The number of phosphoric ester groups is 1. The van der Waals surface area contributed by atoms with Crippen LogP contribution in [0.4, 0.5) is 0 Å². The lowest BCUT2D eigenvalue weighted by Gasteiger charge is -2.22. The van der Waals surface area contributed by atoms with Crippen molar-refractivity contribution in [1.82, 2.24) is 5.32 Å². The van der Waals surface area contributed by atoms with E-state index in [-0.39, 0.29) is 5.91 Å². The molecule has 0 aliphatic rings. The van der Waals surface area contributed by atoms with Crippen LogP contribution in [0.25, 0.3) is 0 Å². The lowest BCUT2D eigenvalue weighted by Crippen LogP contribution is -2.45. The Kier molecular flexibility index (Phi) is 52.1. The lowest BCUT2D eigenvalue weighted by molar-refractivity contribution is -0.123. The largest absolute Gasteiger partial charge is 0.469 e. The van der Waals surface area contributed by atoms with Crippen LogP contribution < -0.4 is 5.32 Å². The van der Waals surface area contributed by atoms with Crippen LogP contribution in [0, 0.1) is 0 Å². The highest BCUT2D eigenvalue weighted by atomic mass is 31.2. The highest BCUT2D eigenvalue weighted by Crippen LogP contribution is 2.36. The van der Waals surface area contributed by atoms with E-state index in [0.717, 1.165) is 38.5 Å². The Bertz CT molecular complexity index is 1020. The molecule has 0 saturated heterocycles. The average molecular weight is 941 g/mol. The van der Waals surface area contributed by atoms with Gasteiger partial charge in [-0.3, -0.25) is 9.32 Å². The number of unbranched alkanes of at least 4 members (excludes halogenated alkanes) is 46. The molecule has 0 fully saturated rings. The molecule has 0 aliphatic carbocycles. The second-order valence-electron chi connectivity index (χ2n) is 20.3. The number of carbonyl (C=O) groups is 1. The van der Waals surface area contributed by atoms with Gasteiger partial charge >= 0.3 is 7.82 Å². The van der Waals surface area contributed by atoms with Gasteiger partial charge in [0, 0.05) is 6.42 Å². The summed E-state index contributed by atoms with van der Waals surface area (Å²) in [5.41, 5.74) is 0. The van der Waals surface area contributed by atoms with Gasteiger partial charge in [0.25, 0.3) is 0 Å². The quantitative estimate of drug-likeness (QED) is 0.0274. The molecule has 0 rings (SSSR count). The van der Waals surface area contributed by atoms with E-state index < -0.39 is 26.6 Å². The number of amides is 1. The first kappa shape index (κ1) is 64.3. The summed E-state index contributed by atoms with van der Waals surface area (Å²) in [5, 5.41) is 13.5. The van der Waals surface area contributed by atoms with Crippen molar-refractivity contribution in [3.63, 3.8) is 0 Å². The zero-order chi connectivity index (χ0) is 47.4. The standard InChI is InChI=1S/C57H114NO6P/c1-3-5-7-9-11-13-15-17-18-19-20-21-22-23-24-25-26-27-28-29-30-31-32-33-34-35-36-37-38-39-41-43-45-47-49-51-53-57(60)58-55(54-64-65(61,62)63)56(59)52-50-48-46-44-42-40-16-14-12-10-8-6-4-2/h50,52,55-56,59H,3-49,51,53-54H2,1-2H3,(H,58,60)(H2,61,62,63)/b52-50+/t55-,56+/m0/s1. The molecule has 2 atom stereocenters. The zero-order valence-corrected chi connectivity index (χ0v) is 44.6. The first-order valence-corrected chi connectivity index (χ1v) is 30.7. The Balaban J connectivity index is 3.58. The molecule has 388 valence electrons. The summed E-state index contributed by atoms with van der Waals surface area (Å²) in [7, 11) is -4.72. The van der Waals surface area contributed by atoms with E-state index in [1.807, 2.05) is 6.08 Å². The molecule has 0 aromatic carbocycles. The van der Waals surface area contributed by atoms with E-state index in [9.17, 15) is 24.3 Å². The summed E-state index contributed by atoms with van der Waals surface area (Å²) in [6, 6.07) is -0.906. The molecule has 0 bridgehead atoms. The number of aliphatic hydroxyl groups is 1. The number of aliphatic hydroxyl groups excluding tert-OH is 1. The normalized spacial score (nSPS) is 13.0. The van der Waals surface area contributed by atoms with Gasteiger partial charge in [0.05, 0.1) is 18.8 Å². The van der Waals surface area contributed by atoms with Crippen LogP contribution in [-0.2, 0) is 13.9 Å². The van der Waals surface area contributed by atoms with Gasteiger partial charge in [-0.1, -0.05) is 315 Å². The van der Waals surface area contributed by atoms with Gasteiger partial charge in [-0.25, -0.2) is 4.57 Å². The van der Waals surface area contributed by atoms with Crippen LogP contribution in [0.3, 0.4) is 0 Å². The van der Waals surface area contributed by atoms with E-state index in [2.05, 4.69) is 23.7 Å². The maximum atomic E-state index is 12.7. The Labute approximate surface area is 405 Å². The van der Waals surface area contributed by atoms with Crippen molar-refractivity contribution in [2.24, 2.45) is 0 Å². The van der Waals surface area contributed by atoms with Crippen molar-refractivity contribution in [1.29, 1.82) is 0 Å². The number of hydrogen-bond donors (Lipinski definition) is 4. The fourth-order valence-electron chi connectivity index (χ4n) is 9.35. The zero-order valence-electron chi connectivity index (χ0n) is 43.7. The molecule has 1 amide bonds. The summed E-state index contributed by atoms with van der Waals surface area (Å²) in [4.78, 5) is 31.0. The van der Waals surface area contributed by atoms with Gasteiger partial charge in [0.15, 0.2) is 0 Å². The van der Waals surface area contributed by atoms with Gasteiger partial charge in [-0.15, -0.1) is 0 Å². The van der Waals surface area contributed by atoms with Crippen molar-refractivity contribution in [3.05, 3.63) is 12.2 Å². The number of carbonyl (C=O) groups excluding carboxylic acids is 1. The third-order valence-electron chi connectivity index (χ3n) is 13.7. The first-order chi connectivity index (χ1) is 31.8. The van der Waals surface area contributed by atoms with Gasteiger partial charge < -0.3 is 20.2 Å². The number of phosphoric acid groups is 1. The van der Waals surface area contributed by atoms with Crippen LogP contribution in [0.1, 0.15) is 328 Å². The molecule has 7 nitrogen and oxygen atoms in total. The fraction of sp³-hybridized carbons (Fsp3) is 0.947. The molecule has 0 saturated carbocycles. The molecule has 0 aliphatic heterocycles. The summed E-state index contributed by atoms with van der Waals surface area (Å²) in [6.45, 7) is 4.11. The summed E-state index contributed by atoms with van der Waals surface area (Å²) >= 11 is 0. The van der Waals surface area contributed by atoms with E-state index in [1.54, 1.807) is 6.08 Å². The fourth-order valence-corrected chi connectivity index (χ4v) is 9.70. The Morgan fingerprint density at radius 2 is 0.677 bits per heavy atom. The first-order valence-electron chi connectivity index (χ1n) is 29.1.